The number of hydrogen-bond acceptors (Lipinski definition) is 2. The second-order valence-electron chi connectivity index (χ2n) is 4.85. The Hall–Kier alpha value is -1.95. The minimum Gasteiger partial charge on any atom is -0.356 e. The van der Waals surface area contributed by atoms with Gasteiger partial charge < -0.3 is 10.6 Å². The van der Waals surface area contributed by atoms with Crippen LogP contribution in [0.15, 0.2) is 35.3 Å². The van der Waals surface area contributed by atoms with Gasteiger partial charge in [-0.2, -0.15) is 0 Å². The molecular formula is C16H19F2N3S. The maximum Gasteiger partial charge on any atom is 0.191 e. The van der Waals surface area contributed by atoms with Gasteiger partial charge in [-0.1, -0.05) is 6.07 Å². The number of guanidine groups is 1. The predicted molar refractivity (Wildman–Crippen MR) is 87.3 cm³/mol. The molecule has 6 heteroatoms. The van der Waals surface area contributed by atoms with Crippen LogP contribution in [0, 0.1) is 18.6 Å². The smallest absolute Gasteiger partial charge is 0.191 e. The van der Waals surface area contributed by atoms with Crippen LogP contribution in [0.5, 0.6) is 0 Å². The van der Waals surface area contributed by atoms with E-state index < -0.39 is 11.6 Å². The van der Waals surface area contributed by atoms with E-state index in [4.69, 9.17) is 0 Å². The summed E-state index contributed by atoms with van der Waals surface area (Å²) in [6.45, 7) is 3.28. The van der Waals surface area contributed by atoms with Crippen molar-refractivity contribution in [3.05, 3.63) is 57.3 Å². The molecular weight excluding hydrogens is 304 g/mol. The van der Waals surface area contributed by atoms with Gasteiger partial charge in [-0.25, -0.2) is 8.78 Å². The van der Waals surface area contributed by atoms with E-state index >= 15 is 0 Å². The zero-order valence-electron chi connectivity index (χ0n) is 12.6. The van der Waals surface area contributed by atoms with E-state index in [0.717, 1.165) is 6.07 Å². The van der Waals surface area contributed by atoms with Crippen LogP contribution in [0.1, 0.15) is 15.3 Å². The Morgan fingerprint density at radius 1 is 1.18 bits per heavy atom. The summed E-state index contributed by atoms with van der Waals surface area (Å²) in [5.41, 5.74) is 0.484. The van der Waals surface area contributed by atoms with Crippen molar-refractivity contribution in [2.75, 3.05) is 13.6 Å². The van der Waals surface area contributed by atoms with Gasteiger partial charge in [0.15, 0.2) is 5.96 Å². The quantitative estimate of drug-likeness (QED) is 0.655. The molecule has 0 fully saturated rings. The van der Waals surface area contributed by atoms with Crippen LogP contribution in [-0.2, 0) is 13.0 Å². The summed E-state index contributed by atoms with van der Waals surface area (Å²) in [7, 11) is 1.69. The fourth-order valence-electron chi connectivity index (χ4n) is 2.01. The molecule has 2 N–H and O–H groups in total. The lowest BCUT2D eigenvalue weighted by Gasteiger charge is -2.11. The molecule has 118 valence electrons. The van der Waals surface area contributed by atoms with Crippen molar-refractivity contribution in [1.29, 1.82) is 0 Å². The van der Waals surface area contributed by atoms with Crippen molar-refractivity contribution in [3.63, 3.8) is 0 Å². The highest BCUT2D eigenvalue weighted by atomic mass is 32.1. The molecule has 0 unspecified atom stereocenters. The largest absolute Gasteiger partial charge is 0.356 e. The van der Waals surface area contributed by atoms with Crippen LogP contribution in [0.25, 0.3) is 0 Å². The Bertz CT molecular complexity index is 653. The molecule has 0 aliphatic rings. The first-order valence-corrected chi connectivity index (χ1v) is 7.84. The van der Waals surface area contributed by atoms with Crippen LogP contribution >= 0.6 is 11.3 Å². The van der Waals surface area contributed by atoms with Gasteiger partial charge in [0.25, 0.3) is 0 Å². The van der Waals surface area contributed by atoms with Gasteiger partial charge in [0, 0.05) is 29.4 Å². The van der Waals surface area contributed by atoms with E-state index in [1.54, 1.807) is 18.4 Å². The number of hydrogen-bond donors (Lipinski definition) is 2. The average Bonchev–Trinajstić information content (AvgIpc) is 2.90. The fraction of sp³-hybridized carbons (Fsp3) is 0.312. The zero-order valence-corrected chi connectivity index (χ0v) is 13.4. The summed E-state index contributed by atoms with van der Waals surface area (Å²) in [5, 5.41) is 6.32. The van der Waals surface area contributed by atoms with E-state index in [-0.39, 0.29) is 0 Å². The third-order valence-electron chi connectivity index (χ3n) is 3.15. The SMILES string of the molecule is CN=C(NCCc1ccc(F)cc1F)NCc1ccc(C)s1. The predicted octanol–water partition coefficient (Wildman–Crippen LogP) is 3.24. The molecule has 3 nitrogen and oxygen atoms in total. The Labute approximate surface area is 133 Å². The van der Waals surface area contributed by atoms with Gasteiger partial charge in [0.05, 0.1) is 6.54 Å². The molecule has 0 saturated heterocycles. The van der Waals surface area contributed by atoms with Crippen molar-refractivity contribution >= 4 is 17.3 Å². The van der Waals surface area contributed by atoms with Gasteiger partial charge in [0.1, 0.15) is 11.6 Å². The lowest BCUT2D eigenvalue weighted by atomic mass is 10.1. The first-order chi connectivity index (χ1) is 10.6. The Kier molecular flexibility index (Phi) is 5.89. The molecule has 0 spiro atoms. The summed E-state index contributed by atoms with van der Waals surface area (Å²) in [6.07, 6.45) is 0.463. The zero-order chi connectivity index (χ0) is 15.9. The Morgan fingerprint density at radius 3 is 2.64 bits per heavy atom. The van der Waals surface area contributed by atoms with Gasteiger partial charge in [-0.3, -0.25) is 4.99 Å². The summed E-state index contributed by atoms with van der Waals surface area (Å²) < 4.78 is 26.3. The highest BCUT2D eigenvalue weighted by molar-refractivity contribution is 7.11. The molecule has 1 aromatic carbocycles. The minimum atomic E-state index is -0.557. The normalized spacial score (nSPS) is 11.5. The van der Waals surface area contributed by atoms with Crippen molar-refractivity contribution in [2.24, 2.45) is 4.99 Å². The Morgan fingerprint density at radius 2 is 2.00 bits per heavy atom. The van der Waals surface area contributed by atoms with E-state index in [2.05, 4.69) is 34.7 Å². The van der Waals surface area contributed by atoms with Crippen molar-refractivity contribution in [1.82, 2.24) is 10.6 Å². The number of rotatable bonds is 5. The second kappa shape index (κ2) is 7.89. The van der Waals surface area contributed by atoms with Gasteiger partial charge in [0.2, 0.25) is 0 Å². The summed E-state index contributed by atoms with van der Waals surface area (Å²) in [6, 6.07) is 7.80. The molecule has 1 aromatic heterocycles. The van der Waals surface area contributed by atoms with Crippen LogP contribution < -0.4 is 10.6 Å². The molecule has 0 atom stereocenters. The van der Waals surface area contributed by atoms with Crippen molar-refractivity contribution < 1.29 is 8.78 Å². The molecule has 0 radical (unpaired) electrons. The summed E-state index contributed by atoms with van der Waals surface area (Å²) >= 11 is 1.73. The topological polar surface area (TPSA) is 36.4 Å². The highest BCUT2D eigenvalue weighted by Gasteiger charge is 2.04. The number of aliphatic imine (C=N–C) groups is 1. The molecule has 2 rings (SSSR count). The summed E-state index contributed by atoms with van der Waals surface area (Å²) in [5.74, 6) is -0.412. The standard InChI is InChI=1S/C16H19F2N3S/c1-11-3-6-14(22-11)10-21-16(19-2)20-8-7-12-4-5-13(17)9-15(12)18/h3-6,9H,7-8,10H2,1-2H3,(H2,19,20,21). The van der Waals surface area contributed by atoms with E-state index in [0.29, 0.717) is 31.0 Å². The van der Waals surface area contributed by atoms with E-state index in [9.17, 15) is 8.78 Å². The number of halogens is 2. The highest BCUT2D eigenvalue weighted by Crippen LogP contribution is 2.14. The number of thiophene rings is 1. The third-order valence-corrected chi connectivity index (χ3v) is 4.15. The van der Waals surface area contributed by atoms with Crippen LogP contribution in [0.2, 0.25) is 0 Å². The molecule has 2 aromatic rings. The molecule has 0 amide bonds. The second-order valence-corrected chi connectivity index (χ2v) is 6.22. The van der Waals surface area contributed by atoms with Crippen LogP contribution in [0.3, 0.4) is 0 Å². The molecule has 1 heterocycles. The third kappa shape index (κ3) is 4.80. The maximum absolute atomic E-state index is 13.5. The van der Waals surface area contributed by atoms with Crippen LogP contribution in [0.4, 0.5) is 8.78 Å². The fourth-order valence-corrected chi connectivity index (χ4v) is 2.84. The molecule has 0 saturated carbocycles. The van der Waals surface area contributed by atoms with E-state index in [1.165, 1.54) is 21.9 Å². The maximum atomic E-state index is 13.5. The van der Waals surface area contributed by atoms with Gasteiger partial charge in [-0.05, 0) is 37.1 Å². The lowest BCUT2D eigenvalue weighted by molar-refractivity contribution is 0.570. The summed E-state index contributed by atoms with van der Waals surface area (Å²) in [4.78, 5) is 6.62. The van der Waals surface area contributed by atoms with Crippen molar-refractivity contribution in [3.8, 4) is 0 Å². The molecule has 0 bridgehead atoms. The molecule has 0 aliphatic heterocycles. The first kappa shape index (κ1) is 16.4. The molecule has 0 aliphatic carbocycles. The number of nitrogens with one attached hydrogen (secondary N) is 2. The molecule has 22 heavy (non-hydrogen) atoms. The Balaban J connectivity index is 1.79. The average molecular weight is 323 g/mol. The van der Waals surface area contributed by atoms with Crippen LogP contribution in [-0.4, -0.2) is 19.6 Å². The number of benzene rings is 1. The minimum absolute atomic E-state index is 0.463. The van der Waals surface area contributed by atoms with Gasteiger partial charge >= 0.3 is 0 Å². The lowest BCUT2D eigenvalue weighted by Crippen LogP contribution is -2.37. The van der Waals surface area contributed by atoms with E-state index in [1.807, 2.05) is 0 Å². The number of nitrogens with zero attached hydrogens (tertiary/aromatic N) is 1. The van der Waals surface area contributed by atoms with Crippen molar-refractivity contribution in [2.45, 2.75) is 19.9 Å². The number of aryl methyl sites for hydroxylation is 1. The monoisotopic (exact) mass is 323 g/mol. The first-order valence-electron chi connectivity index (χ1n) is 7.02. The van der Waals surface area contributed by atoms with Gasteiger partial charge in [-0.15, -0.1) is 11.3 Å².